The van der Waals surface area contributed by atoms with Crippen LogP contribution in [0.5, 0.6) is 0 Å². The van der Waals surface area contributed by atoms with Crippen molar-refractivity contribution in [1.82, 2.24) is 19.5 Å². The number of rotatable bonds is 3. The molecule has 0 aliphatic carbocycles. The van der Waals surface area contributed by atoms with Gasteiger partial charge in [-0.15, -0.1) is 0 Å². The first-order valence-electron chi connectivity index (χ1n) is 8.64. The van der Waals surface area contributed by atoms with E-state index in [0.717, 1.165) is 12.3 Å². The molecule has 150 valence electrons. The van der Waals surface area contributed by atoms with Crippen LogP contribution in [0.15, 0.2) is 47.5 Å². The van der Waals surface area contributed by atoms with Gasteiger partial charge >= 0.3 is 6.18 Å². The molecule has 4 aromatic rings. The highest BCUT2D eigenvalue weighted by Gasteiger charge is 2.32. The predicted octanol–water partition coefficient (Wildman–Crippen LogP) is 4.00. The average molecular weight is 420 g/mol. The van der Waals surface area contributed by atoms with Crippen molar-refractivity contribution in [3.63, 3.8) is 0 Å². The van der Waals surface area contributed by atoms with E-state index in [1.54, 1.807) is 31.3 Å². The van der Waals surface area contributed by atoms with E-state index in [1.807, 2.05) is 0 Å². The molecular weight excluding hydrogens is 405 g/mol. The molecule has 29 heavy (non-hydrogen) atoms. The van der Waals surface area contributed by atoms with E-state index < -0.39 is 21.6 Å². The van der Waals surface area contributed by atoms with Crippen LogP contribution >= 0.6 is 0 Å². The van der Waals surface area contributed by atoms with Gasteiger partial charge < -0.3 is 4.57 Å². The van der Waals surface area contributed by atoms with Gasteiger partial charge in [0.1, 0.15) is 11.2 Å². The second-order valence-corrected chi connectivity index (χ2v) is 8.74. The molecule has 0 saturated heterocycles. The van der Waals surface area contributed by atoms with Gasteiger partial charge in [-0.25, -0.2) is 23.4 Å². The fourth-order valence-electron chi connectivity index (χ4n) is 3.09. The van der Waals surface area contributed by atoms with E-state index in [2.05, 4.69) is 15.0 Å². The largest absolute Gasteiger partial charge is 0.417 e. The predicted molar refractivity (Wildman–Crippen MR) is 102 cm³/mol. The first kappa shape index (κ1) is 19.3. The molecule has 0 atom stereocenters. The Bertz CT molecular complexity index is 1360. The Morgan fingerprint density at radius 3 is 2.48 bits per heavy atom. The molecule has 0 saturated carbocycles. The van der Waals surface area contributed by atoms with Crippen molar-refractivity contribution in [1.29, 1.82) is 0 Å². The molecule has 0 unspecified atom stereocenters. The normalized spacial score (nSPS) is 12.7. The maximum atomic E-state index is 13.0. The number of hydrogen-bond acceptors (Lipinski definition) is 5. The van der Waals surface area contributed by atoms with Gasteiger partial charge in [-0.2, -0.15) is 13.2 Å². The number of hydrogen-bond donors (Lipinski definition) is 0. The van der Waals surface area contributed by atoms with E-state index in [1.165, 1.54) is 17.6 Å². The highest BCUT2D eigenvalue weighted by Crippen LogP contribution is 2.33. The Kier molecular flexibility index (Phi) is 4.34. The summed E-state index contributed by atoms with van der Waals surface area (Å²) < 4.78 is 65.9. The van der Waals surface area contributed by atoms with Gasteiger partial charge in [0.25, 0.3) is 0 Å². The van der Waals surface area contributed by atoms with Gasteiger partial charge in [-0.05, 0) is 18.2 Å². The van der Waals surface area contributed by atoms with Gasteiger partial charge in [-0.3, -0.25) is 0 Å². The van der Waals surface area contributed by atoms with Gasteiger partial charge in [-0.1, -0.05) is 25.1 Å². The van der Waals surface area contributed by atoms with Crippen molar-refractivity contribution in [2.24, 2.45) is 7.05 Å². The Morgan fingerprint density at radius 1 is 1.07 bits per heavy atom. The third-order valence-electron chi connectivity index (χ3n) is 4.65. The zero-order valence-electron chi connectivity index (χ0n) is 15.4. The minimum Gasteiger partial charge on any atom is -0.310 e. The van der Waals surface area contributed by atoms with E-state index in [-0.39, 0.29) is 33.3 Å². The zero-order chi connectivity index (χ0) is 21.0. The molecule has 0 fully saturated rings. The second-order valence-electron chi connectivity index (χ2n) is 6.49. The van der Waals surface area contributed by atoms with E-state index in [9.17, 15) is 21.6 Å². The number of alkyl halides is 3. The van der Waals surface area contributed by atoms with Crippen LogP contribution in [0.1, 0.15) is 12.5 Å². The Labute approximate surface area is 164 Å². The lowest BCUT2D eigenvalue weighted by molar-refractivity contribution is -0.137. The van der Waals surface area contributed by atoms with Crippen LogP contribution in [0.3, 0.4) is 0 Å². The smallest absolute Gasteiger partial charge is 0.310 e. The summed E-state index contributed by atoms with van der Waals surface area (Å²) in [5, 5.41) is 0.638. The standard InChI is InChI=1S/C19H15F3N4O2S/c1-3-29(27,28)15-8-11-6-4-5-7-13(11)24-16(15)18-25-14-9-12(19(20,21)22)10-23-17(14)26(18)2/h4-10H,3H2,1-2H3. The maximum absolute atomic E-state index is 13.0. The number of aromatic nitrogens is 4. The molecule has 3 aromatic heterocycles. The molecule has 0 radical (unpaired) electrons. The van der Waals surface area contributed by atoms with Crippen molar-refractivity contribution in [2.75, 3.05) is 5.75 Å². The number of sulfone groups is 1. The molecule has 10 heteroatoms. The molecule has 0 amide bonds. The van der Waals surface area contributed by atoms with E-state index >= 15 is 0 Å². The van der Waals surface area contributed by atoms with Crippen LogP contribution < -0.4 is 0 Å². The molecule has 0 spiro atoms. The fourth-order valence-corrected chi connectivity index (χ4v) is 4.14. The SMILES string of the molecule is CCS(=O)(=O)c1cc2ccccc2nc1-c1nc2cc(C(F)(F)F)cnc2n1C. The summed E-state index contributed by atoms with van der Waals surface area (Å²) in [7, 11) is -2.11. The third-order valence-corrected chi connectivity index (χ3v) is 6.39. The van der Waals surface area contributed by atoms with Crippen LogP contribution in [-0.2, 0) is 23.1 Å². The summed E-state index contributed by atoms with van der Waals surface area (Å²) in [4.78, 5) is 12.6. The molecule has 0 bridgehead atoms. The lowest BCUT2D eigenvalue weighted by Crippen LogP contribution is -2.09. The summed E-state index contributed by atoms with van der Waals surface area (Å²) in [6.07, 6.45) is -3.83. The molecular formula is C19H15F3N4O2S. The molecule has 0 aliphatic heterocycles. The number of nitrogens with zero attached hydrogens (tertiary/aromatic N) is 4. The first-order chi connectivity index (χ1) is 13.6. The fraction of sp³-hybridized carbons (Fsp3) is 0.211. The lowest BCUT2D eigenvalue weighted by atomic mass is 10.2. The van der Waals surface area contributed by atoms with E-state index in [0.29, 0.717) is 10.9 Å². The Hall–Kier alpha value is -3.01. The lowest BCUT2D eigenvalue weighted by Gasteiger charge is -2.10. The molecule has 6 nitrogen and oxygen atoms in total. The minimum absolute atomic E-state index is 0.00660. The summed E-state index contributed by atoms with van der Waals surface area (Å²) in [5.41, 5.74) is -0.0920. The quantitative estimate of drug-likeness (QED) is 0.501. The molecule has 3 heterocycles. The highest BCUT2D eigenvalue weighted by molar-refractivity contribution is 7.91. The summed E-state index contributed by atoms with van der Waals surface area (Å²) >= 11 is 0. The van der Waals surface area contributed by atoms with Crippen LogP contribution in [0.2, 0.25) is 0 Å². The van der Waals surface area contributed by atoms with Crippen molar-refractivity contribution in [3.05, 3.63) is 48.2 Å². The molecule has 0 N–H and O–H groups in total. The minimum atomic E-state index is -4.56. The second kappa shape index (κ2) is 6.51. The van der Waals surface area contributed by atoms with Crippen LogP contribution in [-0.4, -0.2) is 33.7 Å². The zero-order valence-corrected chi connectivity index (χ0v) is 16.2. The number of benzene rings is 1. The average Bonchev–Trinajstić information content (AvgIpc) is 3.02. The first-order valence-corrected chi connectivity index (χ1v) is 10.3. The highest BCUT2D eigenvalue weighted by atomic mass is 32.2. The topological polar surface area (TPSA) is 77.7 Å². The number of pyridine rings is 2. The Morgan fingerprint density at radius 2 is 1.79 bits per heavy atom. The maximum Gasteiger partial charge on any atom is 0.417 e. The third kappa shape index (κ3) is 3.23. The van der Waals surface area contributed by atoms with Gasteiger partial charge in [0, 0.05) is 18.6 Å². The molecule has 4 rings (SSSR count). The van der Waals surface area contributed by atoms with Gasteiger partial charge in [0.05, 0.1) is 21.7 Å². The number of halogens is 3. The Balaban J connectivity index is 2.04. The molecule has 1 aromatic carbocycles. The van der Waals surface area contributed by atoms with Crippen molar-refractivity contribution >= 4 is 31.9 Å². The van der Waals surface area contributed by atoms with Crippen molar-refractivity contribution in [2.45, 2.75) is 18.0 Å². The number of para-hydroxylation sites is 1. The van der Waals surface area contributed by atoms with Crippen molar-refractivity contribution in [3.8, 4) is 11.5 Å². The molecule has 0 aliphatic rings. The number of aryl methyl sites for hydroxylation is 1. The van der Waals surface area contributed by atoms with Crippen LogP contribution in [0.4, 0.5) is 13.2 Å². The van der Waals surface area contributed by atoms with Crippen LogP contribution in [0.25, 0.3) is 33.6 Å². The summed E-state index contributed by atoms with van der Waals surface area (Å²) in [6.45, 7) is 1.51. The van der Waals surface area contributed by atoms with E-state index in [4.69, 9.17) is 0 Å². The number of fused-ring (bicyclic) bond motifs is 2. The van der Waals surface area contributed by atoms with Gasteiger partial charge in [0.2, 0.25) is 0 Å². The van der Waals surface area contributed by atoms with Gasteiger partial charge in [0.15, 0.2) is 21.3 Å². The summed E-state index contributed by atoms with van der Waals surface area (Å²) in [6, 6.07) is 9.41. The number of imidazole rings is 1. The van der Waals surface area contributed by atoms with Crippen LogP contribution in [0, 0.1) is 0 Å². The summed E-state index contributed by atoms with van der Waals surface area (Å²) in [5.74, 6) is -0.0231. The monoisotopic (exact) mass is 420 g/mol. The van der Waals surface area contributed by atoms with Crippen molar-refractivity contribution < 1.29 is 21.6 Å².